The Morgan fingerprint density at radius 2 is 1.81 bits per heavy atom. The fourth-order valence-corrected chi connectivity index (χ4v) is 3.64. The van der Waals surface area contributed by atoms with Gasteiger partial charge in [-0.1, -0.05) is 11.6 Å². The third kappa shape index (κ3) is 6.41. The van der Waals surface area contributed by atoms with Gasteiger partial charge in [-0.15, -0.1) is 0 Å². The Bertz CT molecular complexity index is 1410. The summed E-state index contributed by atoms with van der Waals surface area (Å²) in [6, 6.07) is 7.60. The van der Waals surface area contributed by atoms with Crippen molar-refractivity contribution in [1.29, 1.82) is 0 Å². The molecule has 0 saturated heterocycles. The Labute approximate surface area is 213 Å². The molecule has 1 heterocycles. The number of nitrogens with one attached hydrogen (secondary N) is 3. The molecule has 1 aromatic heterocycles. The van der Waals surface area contributed by atoms with Gasteiger partial charge in [0, 0.05) is 24.4 Å². The van der Waals surface area contributed by atoms with Crippen LogP contribution in [0.1, 0.15) is 37.4 Å². The predicted octanol–water partition coefficient (Wildman–Crippen LogP) is 4.34. The lowest BCUT2D eigenvalue weighted by Crippen LogP contribution is -2.24. The Kier molecular flexibility index (Phi) is 8.13. The molecule has 3 rings (SSSR count). The standard InChI is InChI=1S/C24H20ClF3N6O3/c1-12-8-13(11-32-34-23(29)37)9-17(21(35)30-2)19(12)33-22(36)15-6-5-14(24(26,27)28)10-16(15)20-18(25)4-3-7-31-20/h3-11H,1-2H3,(H,30,35)(H,33,36)(H3,29,34,37). The summed E-state index contributed by atoms with van der Waals surface area (Å²) in [4.78, 5) is 40.8. The van der Waals surface area contributed by atoms with E-state index in [1.165, 1.54) is 37.7 Å². The third-order valence-electron chi connectivity index (χ3n) is 5.06. The number of anilines is 1. The fourth-order valence-electron chi connectivity index (χ4n) is 3.42. The number of carbonyl (C=O) groups is 3. The van der Waals surface area contributed by atoms with Crippen LogP contribution in [0.5, 0.6) is 0 Å². The second-order valence-corrected chi connectivity index (χ2v) is 8.03. The number of alkyl halides is 3. The molecule has 9 nitrogen and oxygen atoms in total. The number of halogens is 4. The van der Waals surface area contributed by atoms with Crippen molar-refractivity contribution in [3.05, 3.63) is 81.5 Å². The molecule has 4 amide bonds. The van der Waals surface area contributed by atoms with Crippen molar-refractivity contribution in [2.75, 3.05) is 12.4 Å². The van der Waals surface area contributed by atoms with Crippen LogP contribution in [0.4, 0.5) is 23.7 Å². The van der Waals surface area contributed by atoms with E-state index in [-0.39, 0.29) is 33.1 Å². The number of aryl methyl sites for hydroxylation is 1. The number of pyridine rings is 1. The Balaban J connectivity index is 2.10. The molecular formula is C24H20ClF3N6O3. The van der Waals surface area contributed by atoms with E-state index in [2.05, 4.69) is 20.7 Å². The van der Waals surface area contributed by atoms with Crippen molar-refractivity contribution >= 4 is 41.3 Å². The Morgan fingerprint density at radius 1 is 1.08 bits per heavy atom. The van der Waals surface area contributed by atoms with Crippen LogP contribution in [0.3, 0.4) is 0 Å². The predicted molar refractivity (Wildman–Crippen MR) is 133 cm³/mol. The minimum Gasteiger partial charge on any atom is -0.355 e. The molecule has 192 valence electrons. The van der Waals surface area contributed by atoms with E-state index >= 15 is 0 Å². The highest BCUT2D eigenvalue weighted by molar-refractivity contribution is 6.33. The van der Waals surface area contributed by atoms with Gasteiger partial charge >= 0.3 is 12.2 Å². The summed E-state index contributed by atoms with van der Waals surface area (Å²) in [7, 11) is 1.38. The number of amides is 4. The molecule has 0 aliphatic heterocycles. The number of primary amides is 1. The van der Waals surface area contributed by atoms with Gasteiger partial charge in [0.2, 0.25) is 0 Å². The summed E-state index contributed by atoms with van der Waals surface area (Å²) < 4.78 is 40.3. The largest absolute Gasteiger partial charge is 0.416 e. The molecule has 0 atom stereocenters. The molecule has 5 N–H and O–H groups in total. The summed E-state index contributed by atoms with van der Waals surface area (Å²) >= 11 is 6.18. The molecule has 0 spiro atoms. The van der Waals surface area contributed by atoms with Crippen LogP contribution in [0.2, 0.25) is 5.02 Å². The average molecular weight is 533 g/mol. The smallest absolute Gasteiger partial charge is 0.355 e. The van der Waals surface area contributed by atoms with Gasteiger partial charge in [0.15, 0.2) is 0 Å². The molecule has 0 saturated carbocycles. The van der Waals surface area contributed by atoms with E-state index in [9.17, 15) is 27.6 Å². The number of nitrogens with zero attached hydrogens (tertiary/aromatic N) is 2. The first kappa shape index (κ1) is 27.1. The van der Waals surface area contributed by atoms with Gasteiger partial charge in [0.05, 0.1) is 33.7 Å². The fraction of sp³-hybridized carbons (Fsp3) is 0.125. The van der Waals surface area contributed by atoms with Crippen LogP contribution in [0, 0.1) is 6.92 Å². The highest BCUT2D eigenvalue weighted by atomic mass is 35.5. The number of hydrogen-bond donors (Lipinski definition) is 4. The van der Waals surface area contributed by atoms with Gasteiger partial charge in [-0.25, -0.2) is 10.2 Å². The Hall–Kier alpha value is -4.45. The molecular weight excluding hydrogens is 513 g/mol. The number of hydrazone groups is 1. The number of aromatic nitrogens is 1. The van der Waals surface area contributed by atoms with Crippen LogP contribution in [-0.2, 0) is 6.18 Å². The zero-order valence-corrected chi connectivity index (χ0v) is 20.2. The first-order valence-electron chi connectivity index (χ1n) is 10.5. The third-order valence-corrected chi connectivity index (χ3v) is 5.37. The van der Waals surface area contributed by atoms with Crippen LogP contribution >= 0.6 is 11.6 Å². The molecule has 2 aromatic carbocycles. The van der Waals surface area contributed by atoms with Gasteiger partial charge in [-0.3, -0.25) is 14.6 Å². The number of carbonyl (C=O) groups excluding carboxylic acids is 3. The van der Waals surface area contributed by atoms with Crippen LogP contribution in [0.15, 0.2) is 53.8 Å². The quantitative estimate of drug-likeness (QED) is 0.277. The SMILES string of the molecule is CNC(=O)c1cc(C=NNC(N)=O)cc(C)c1NC(=O)c1ccc(C(F)(F)F)cc1-c1ncccc1Cl. The monoisotopic (exact) mass is 532 g/mol. The van der Waals surface area contributed by atoms with Gasteiger partial charge in [-0.2, -0.15) is 18.3 Å². The van der Waals surface area contributed by atoms with E-state index in [4.69, 9.17) is 17.3 Å². The minimum atomic E-state index is -4.67. The maximum absolute atomic E-state index is 13.4. The molecule has 0 unspecified atom stereocenters. The normalized spacial score (nSPS) is 11.3. The van der Waals surface area contributed by atoms with Gasteiger partial charge in [0.25, 0.3) is 11.8 Å². The maximum atomic E-state index is 13.4. The van der Waals surface area contributed by atoms with Gasteiger partial charge in [0.1, 0.15) is 0 Å². The van der Waals surface area contributed by atoms with Crippen LogP contribution in [-0.4, -0.2) is 36.1 Å². The summed E-state index contributed by atoms with van der Waals surface area (Å²) in [5.74, 6) is -1.35. The number of benzene rings is 2. The highest BCUT2D eigenvalue weighted by Gasteiger charge is 2.32. The second kappa shape index (κ2) is 11.1. The number of rotatable bonds is 6. The summed E-state index contributed by atoms with van der Waals surface area (Å²) in [6.07, 6.45) is -2.09. The van der Waals surface area contributed by atoms with Crippen LogP contribution < -0.4 is 21.8 Å². The molecule has 13 heteroatoms. The van der Waals surface area contributed by atoms with Crippen molar-refractivity contribution in [3.63, 3.8) is 0 Å². The number of nitrogens with two attached hydrogens (primary N) is 1. The molecule has 0 aliphatic rings. The molecule has 37 heavy (non-hydrogen) atoms. The molecule has 0 radical (unpaired) electrons. The topological polar surface area (TPSA) is 139 Å². The number of urea groups is 1. The summed E-state index contributed by atoms with van der Waals surface area (Å²) in [5.41, 5.74) is 6.69. The average Bonchev–Trinajstić information content (AvgIpc) is 2.84. The lowest BCUT2D eigenvalue weighted by molar-refractivity contribution is -0.137. The van der Waals surface area contributed by atoms with Crippen molar-refractivity contribution in [2.45, 2.75) is 13.1 Å². The minimum absolute atomic E-state index is 0.0165. The zero-order valence-electron chi connectivity index (χ0n) is 19.4. The molecule has 0 fully saturated rings. The zero-order chi connectivity index (χ0) is 27.3. The van der Waals surface area contributed by atoms with Gasteiger partial charge in [-0.05, 0) is 60.5 Å². The van der Waals surface area contributed by atoms with Crippen molar-refractivity contribution < 1.29 is 27.6 Å². The van der Waals surface area contributed by atoms with Crippen molar-refractivity contribution in [2.24, 2.45) is 10.8 Å². The lowest BCUT2D eigenvalue weighted by atomic mass is 9.98. The molecule has 3 aromatic rings. The maximum Gasteiger partial charge on any atom is 0.416 e. The Morgan fingerprint density at radius 3 is 2.43 bits per heavy atom. The number of hydrogen-bond acceptors (Lipinski definition) is 5. The van der Waals surface area contributed by atoms with E-state index in [0.29, 0.717) is 11.1 Å². The summed E-state index contributed by atoms with van der Waals surface area (Å²) in [5, 5.41) is 8.76. The van der Waals surface area contributed by atoms with E-state index in [1.807, 2.05) is 5.43 Å². The summed E-state index contributed by atoms with van der Waals surface area (Å²) in [6.45, 7) is 1.60. The van der Waals surface area contributed by atoms with Gasteiger partial charge < -0.3 is 16.4 Å². The first-order valence-corrected chi connectivity index (χ1v) is 10.9. The van der Waals surface area contributed by atoms with Crippen LogP contribution in [0.25, 0.3) is 11.3 Å². The first-order chi connectivity index (χ1) is 17.4. The molecule has 0 aliphatic carbocycles. The highest BCUT2D eigenvalue weighted by Crippen LogP contribution is 2.36. The van der Waals surface area contributed by atoms with E-state index in [1.54, 1.807) is 13.0 Å². The lowest BCUT2D eigenvalue weighted by Gasteiger charge is -2.17. The van der Waals surface area contributed by atoms with Crippen molar-refractivity contribution in [3.8, 4) is 11.3 Å². The van der Waals surface area contributed by atoms with E-state index < -0.39 is 29.6 Å². The van der Waals surface area contributed by atoms with E-state index in [0.717, 1.165) is 18.2 Å². The van der Waals surface area contributed by atoms with Crippen molar-refractivity contribution in [1.82, 2.24) is 15.7 Å². The molecule has 0 bridgehead atoms. The second-order valence-electron chi connectivity index (χ2n) is 7.62.